The van der Waals surface area contributed by atoms with Gasteiger partial charge < -0.3 is 9.72 Å². The van der Waals surface area contributed by atoms with Crippen molar-refractivity contribution in [3.63, 3.8) is 0 Å². The van der Waals surface area contributed by atoms with Crippen LogP contribution in [0.4, 0.5) is 0 Å². The maximum Gasteiger partial charge on any atom is 0.326 e. The van der Waals surface area contributed by atoms with Crippen LogP contribution in [0.1, 0.15) is 13.8 Å². The fourth-order valence-electron chi connectivity index (χ4n) is 1.89. The molecule has 0 atom stereocenters. The fraction of sp³-hybridized carbons (Fsp3) is 0.417. The molecule has 0 bridgehead atoms. The largest absolute Gasteiger partial charge is 0.494 e. The molecule has 0 amide bonds. The molecule has 0 saturated heterocycles. The molecule has 86 valence electrons. The third kappa shape index (κ3) is 1.71. The average molecular weight is 220 g/mol. The Labute approximate surface area is 93.9 Å². The first kappa shape index (κ1) is 10.8. The molecule has 2 rings (SSSR count). The number of fused-ring (bicyclic) bond motifs is 1. The molecule has 0 saturated carbocycles. The summed E-state index contributed by atoms with van der Waals surface area (Å²) < 4.78 is 7.02. The number of benzene rings is 1. The zero-order chi connectivity index (χ0) is 11.7. The van der Waals surface area contributed by atoms with Crippen LogP contribution in [0.2, 0.25) is 0 Å². The lowest BCUT2D eigenvalue weighted by Crippen LogP contribution is -2.19. The van der Waals surface area contributed by atoms with E-state index in [2.05, 4.69) is 18.8 Å². The Morgan fingerprint density at radius 2 is 2.19 bits per heavy atom. The van der Waals surface area contributed by atoms with E-state index in [9.17, 15) is 4.79 Å². The second-order valence-electron chi connectivity index (χ2n) is 4.29. The molecule has 0 aliphatic carbocycles. The number of rotatable bonds is 3. The Morgan fingerprint density at radius 3 is 2.81 bits per heavy atom. The van der Waals surface area contributed by atoms with Crippen LogP contribution in [-0.2, 0) is 6.54 Å². The minimum absolute atomic E-state index is 0.0757. The van der Waals surface area contributed by atoms with E-state index in [1.165, 1.54) is 0 Å². The van der Waals surface area contributed by atoms with Gasteiger partial charge in [-0.25, -0.2) is 4.79 Å². The summed E-state index contributed by atoms with van der Waals surface area (Å²) in [5.74, 6) is 1.15. The Kier molecular flexibility index (Phi) is 2.73. The van der Waals surface area contributed by atoms with Gasteiger partial charge in [0.25, 0.3) is 0 Å². The molecule has 0 fully saturated rings. The molecular weight excluding hydrogens is 204 g/mol. The van der Waals surface area contributed by atoms with Gasteiger partial charge in [-0.1, -0.05) is 19.9 Å². The highest BCUT2D eigenvalue weighted by Gasteiger charge is 2.11. The predicted molar refractivity (Wildman–Crippen MR) is 63.9 cm³/mol. The quantitative estimate of drug-likeness (QED) is 0.859. The summed E-state index contributed by atoms with van der Waals surface area (Å²) >= 11 is 0. The molecule has 1 N–H and O–H groups in total. The van der Waals surface area contributed by atoms with Gasteiger partial charge in [0, 0.05) is 6.54 Å². The van der Waals surface area contributed by atoms with Crippen LogP contribution in [0.5, 0.6) is 5.75 Å². The Balaban J connectivity index is 2.70. The van der Waals surface area contributed by atoms with Crippen molar-refractivity contribution < 1.29 is 4.74 Å². The average Bonchev–Trinajstić information content (AvgIpc) is 2.54. The van der Waals surface area contributed by atoms with Crippen molar-refractivity contribution in [3.8, 4) is 5.75 Å². The van der Waals surface area contributed by atoms with Crippen molar-refractivity contribution in [1.82, 2.24) is 9.55 Å². The summed E-state index contributed by atoms with van der Waals surface area (Å²) in [6.07, 6.45) is 0. The molecule has 2 aromatic rings. The monoisotopic (exact) mass is 220 g/mol. The van der Waals surface area contributed by atoms with Crippen LogP contribution in [-0.4, -0.2) is 16.7 Å². The van der Waals surface area contributed by atoms with Gasteiger partial charge in [-0.3, -0.25) is 4.57 Å². The van der Waals surface area contributed by atoms with Crippen molar-refractivity contribution in [2.24, 2.45) is 5.92 Å². The van der Waals surface area contributed by atoms with Crippen LogP contribution in [0.15, 0.2) is 23.0 Å². The number of aromatic amines is 1. The van der Waals surface area contributed by atoms with Gasteiger partial charge in [0.1, 0.15) is 11.3 Å². The first-order valence-corrected chi connectivity index (χ1v) is 5.39. The predicted octanol–water partition coefficient (Wildman–Crippen LogP) is 1.99. The van der Waals surface area contributed by atoms with E-state index < -0.39 is 0 Å². The first-order chi connectivity index (χ1) is 7.63. The topological polar surface area (TPSA) is 47.0 Å². The zero-order valence-electron chi connectivity index (χ0n) is 9.78. The highest BCUT2D eigenvalue weighted by Crippen LogP contribution is 2.23. The number of H-pyrrole nitrogens is 1. The zero-order valence-corrected chi connectivity index (χ0v) is 9.78. The second kappa shape index (κ2) is 4.04. The van der Waals surface area contributed by atoms with E-state index in [-0.39, 0.29) is 5.69 Å². The number of ether oxygens (including phenoxy) is 1. The van der Waals surface area contributed by atoms with Gasteiger partial charge in [-0.2, -0.15) is 0 Å². The van der Waals surface area contributed by atoms with E-state index in [1.807, 2.05) is 18.2 Å². The number of para-hydroxylation sites is 1. The van der Waals surface area contributed by atoms with E-state index in [4.69, 9.17) is 4.74 Å². The second-order valence-corrected chi connectivity index (χ2v) is 4.29. The van der Waals surface area contributed by atoms with Crippen LogP contribution >= 0.6 is 0 Å². The van der Waals surface area contributed by atoms with Gasteiger partial charge in [0.05, 0.1) is 12.6 Å². The van der Waals surface area contributed by atoms with Gasteiger partial charge in [0.2, 0.25) is 0 Å². The standard InChI is InChI=1S/C12H16N2O2/c1-8(2)7-14-11-9(13-12(14)15)5-4-6-10(11)16-3/h4-6,8H,7H2,1-3H3,(H,13,15). The van der Waals surface area contributed by atoms with E-state index in [1.54, 1.807) is 11.7 Å². The highest BCUT2D eigenvalue weighted by atomic mass is 16.5. The van der Waals surface area contributed by atoms with Crippen molar-refractivity contribution in [1.29, 1.82) is 0 Å². The molecule has 1 aromatic carbocycles. The first-order valence-electron chi connectivity index (χ1n) is 5.39. The molecule has 16 heavy (non-hydrogen) atoms. The normalized spacial score (nSPS) is 11.2. The minimum Gasteiger partial charge on any atom is -0.494 e. The summed E-state index contributed by atoms with van der Waals surface area (Å²) in [5, 5.41) is 0. The maximum absolute atomic E-state index is 11.8. The van der Waals surface area contributed by atoms with Crippen molar-refractivity contribution in [2.45, 2.75) is 20.4 Å². The lowest BCUT2D eigenvalue weighted by Gasteiger charge is -2.08. The van der Waals surface area contributed by atoms with Crippen LogP contribution in [0.3, 0.4) is 0 Å². The fourth-order valence-corrected chi connectivity index (χ4v) is 1.89. The minimum atomic E-state index is -0.0757. The molecule has 4 nitrogen and oxygen atoms in total. The third-order valence-corrected chi connectivity index (χ3v) is 2.52. The summed E-state index contributed by atoms with van der Waals surface area (Å²) in [5.41, 5.74) is 1.60. The molecule has 0 radical (unpaired) electrons. The number of imidazole rings is 1. The molecule has 1 aromatic heterocycles. The van der Waals surface area contributed by atoms with E-state index in [0.29, 0.717) is 12.5 Å². The van der Waals surface area contributed by atoms with Crippen LogP contribution in [0.25, 0.3) is 11.0 Å². The summed E-state index contributed by atoms with van der Waals surface area (Å²) in [7, 11) is 1.62. The molecule has 1 heterocycles. The summed E-state index contributed by atoms with van der Waals surface area (Å²) in [4.78, 5) is 14.6. The van der Waals surface area contributed by atoms with Crippen molar-refractivity contribution >= 4 is 11.0 Å². The maximum atomic E-state index is 11.8. The van der Waals surface area contributed by atoms with Gasteiger partial charge in [-0.05, 0) is 18.1 Å². The Hall–Kier alpha value is -1.71. The number of nitrogens with zero attached hydrogens (tertiary/aromatic N) is 1. The van der Waals surface area contributed by atoms with Crippen molar-refractivity contribution in [3.05, 3.63) is 28.7 Å². The molecule has 0 aliphatic heterocycles. The molecule has 0 unspecified atom stereocenters. The lowest BCUT2D eigenvalue weighted by molar-refractivity contribution is 0.415. The van der Waals surface area contributed by atoms with Gasteiger partial charge >= 0.3 is 5.69 Å². The molecule has 4 heteroatoms. The smallest absolute Gasteiger partial charge is 0.326 e. The molecule has 0 spiro atoms. The van der Waals surface area contributed by atoms with Gasteiger partial charge in [0.15, 0.2) is 0 Å². The number of nitrogens with one attached hydrogen (secondary N) is 1. The van der Waals surface area contributed by atoms with Crippen molar-refractivity contribution in [2.75, 3.05) is 7.11 Å². The lowest BCUT2D eigenvalue weighted by atomic mass is 10.2. The number of hydrogen-bond acceptors (Lipinski definition) is 2. The van der Waals surface area contributed by atoms with Crippen LogP contribution < -0.4 is 10.4 Å². The number of methoxy groups -OCH3 is 1. The van der Waals surface area contributed by atoms with Crippen LogP contribution in [0, 0.1) is 5.92 Å². The third-order valence-electron chi connectivity index (χ3n) is 2.52. The Bertz CT molecular complexity index is 552. The summed E-state index contributed by atoms with van der Waals surface area (Å²) in [6, 6.07) is 5.62. The number of aromatic nitrogens is 2. The van der Waals surface area contributed by atoms with E-state index >= 15 is 0 Å². The molecular formula is C12H16N2O2. The SMILES string of the molecule is COc1cccc2[nH]c(=O)n(CC(C)C)c12. The number of hydrogen-bond donors (Lipinski definition) is 1. The Morgan fingerprint density at radius 1 is 1.44 bits per heavy atom. The van der Waals surface area contributed by atoms with E-state index in [0.717, 1.165) is 16.8 Å². The summed E-state index contributed by atoms with van der Waals surface area (Å²) in [6.45, 7) is 4.86. The highest BCUT2D eigenvalue weighted by molar-refractivity contribution is 5.81. The molecule has 0 aliphatic rings. The van der Waals surface area contributed by atoms with Gasteiger partial charge in [-0.15, -0.1) is 0 Å².